The fourth-order valence-corrected chi connectivity index (χ4v) is 4.25. The van der Waals surface area contributed by atoms with Crippen LogP contribution in [0.1, 0.15) is 20.3 Å². The third-order valence-corrected chi connectivity index (χ3v) is 5.60. The molecule has 0 aromatic heterocycles. The summed E-state index contributed by atoms with van der Waals surface area (Å²) in [6.07, 6.45) is -8.06. The fraction of sp³-hybridized carbons (Fsp3) is 0.824. The number of aliphatic hydroxyl groups is 6. The van der Waals surface area contributed by atoms with E-state index >= 15 is 0 Å². The zero-order valence-electron chi connectivity index (χ0n) is 15.4. The van der Waals surface area contributed by atoms with Gasteiger partial charge in [0, 0.05) is 13.3 Å². The van der Waals surface area contributed by atoms with Crippen LogP contribution in [0.25, 0.3) is 0 Å². The molecule has 10 atom stereocenters. The van der Waals surface area contributed by atoms with Gasteiger partial charge in [-0.25, -0.2) is 0 Å². The molecule has 160 valence electrons. The van der Waals surface area contributed by atoms with Gasteiger partial charge in [-0.2, -0.15) is 0 Å². The monoisotopic (exact) mass is 406 g/mol. The van der Waals surface area contributed by atoms with Gasteiger partial charge in [0.1, 0.15) is 35.6 Å². The summed E-state index contributed by atoms with van der Waals surface area (Å²) in [5.41, 5.74) is -3.22. The maximum Gasteiger partial charge on any atom is 0.303 e. The largest absolute Gasteiger partial charge is 0.472 e. The molecule has 0 radical (unpaired) electrons. The molecule has 0 unspecified atom stereocenters. The van der Waals surface area contributed by atoms with E-state index in [0.29, 0.717) is 0 Å². The molecule has 11 nitrogen and oxygen atoms in total. The first-order chi connectivity index (χ1) is 13.0. The van der Waals surface area contributed by atoms with Gasteiger partial charge < -0.3 is 49.6 Å². The zero-order valence-corrected chi connectivity index (χ0v) is 15.4. The highest BCUT2D eigenvalue weighted by Crippen LogP contribution is 2.51. The van der Waals surface area contributed by atoms with Crippen LogP contribution in [-0.2, 0) is 23.7 Å². The third-order valence-electron chi connectivity index (χ3n) is 5.60. The number of hydrogen-bond donors (Lipinski definition) is 6. The van der Waals surface area contributed by atoms with Crippen molar-refractivity contribution in [2.24, 2.45) is 5.92 Å². The first-order valence-corrected chi connectivity index (χ1v) is 8.92. The number of fused-ring (bicyclic) bond motifs is 1. The summed E-state index contributed by atoms with van der Waals surface area (Å²) in [5.74, 6) is -1.74. The molecule has 3 aliphatic rings. The van der Waals surface area contributed by atoms with E-state index in [9.17, 15) is 35.4 Å². The smallest absolute Gasteiger partial charge is 0.303 e. The average Bonchev–Trinajstić information content (AvgIpc) is 2.81. The molecule has 1 saturated heterocycles. The zero-order chi connectivity index (χ0) is 20.9. The van der Waals surface area contributed by atoms with Gasteiger partial charge in [-0.3, -0.25) is 4.79 Å². The molecule has 0 amide bonds. The van der Waals surface area contributed by atoms with Crippen LogP contribution in [0.3, 0.4) is 0 Å². The van der Waals surface area contributed by atoms with Gasteiger partial charge in [-0.1, -0.05) is 0 Å². The predicted molar refractivity (Wildman–Crippen MR) is 88.1 cm³/mol. The third kappa shape index (κ3) is 3.42. The van der Waals surface area contributed by atoms with Crippen LogP contribution >= 0.6 is 0 Å². The molecule has 28 heavy (non-hydrogen) atoms. The van der Waals surface area contributed by atoms with E-state index in [4.69, 9.17) is 18.9 Å². The Bertz CT molecular complexity index is 624. The molecule has 0 aromatic carbocycles. The van der Waals surface area contributed by atoms with E-state index in [2.05, 4.69) is 0 Å². The minimum Gasteiger partial charge on any atom is -0.472 e. The molecule has 11 heteroatoms. The van der Waals surface area contributed by atoms with Crippen LogP contribution in [0.5, 0.6) is 0 Å². The number of rotatable bonds is 4. The van der Waals surface area contributed by atoms with Crippen molar-refractivity contribution in [1.82, 2.24) is 0 Å². The van der Waals surface area contributed by atoms with Crippen molar-refractivity contribution in [1.29, 1.82) is 0 Å². The molecule has 0 aromatic rings. The van der Waals surface area contributed by atoms with Crippen LogP contribution in [0.4, 0.5) is 0 Å². The Labute approximate surface area is 160 Å². The van der Waals surface area contributed by atoms with Crippen LogP contribution in [-0.4, -0.2) is 97.5 Å². The second-order valence-corrected chi connectivity index (χ2v) is 7.63. The molecular formula is C17H26O11. The van der Waals surface area contributed by atoms with E-state index in [0.717, 1.165) is 6.26 Å². The molecule has 0 bridgehead atoms. The van der Waals surface area contributed by atoms with Gasteiger partial charge in [0.05, 0.1) is 24.9 Å². The van der Waals surface area contributed by atoms with Crippen molar-refractivity contribution in [2.75, 3.05) is 6.61 Å². The lowest BCUT2D eigenvalue weighted by atomic mass is 9.81. The highest BCUT2D eigenvalue weighted by atomic mass is 16.8. The number of carbonyl (C=O) groups excluding carboxylic acids is 1. The van der Waals surface area contributed by atoms with Crippen molar-refractivity contribution >= 4 is 5.97 Å². The molecule has 2 fully saturated rings. The van der Waals surface area contributed by atoms with Gasteiger partial charge in [-0.15, -0.1) is 0 Å². The van der Waals surface area contributed by atoms with Crippen LogP contribution < -0.4 is 0 Å². The van der Waals surface area contributed by atoms with Gasteiger partial charge in [0.2, 0.25) is 6.29 Å². The van der Waals surface area contributed by atoms with Crippen molar-refractivity contribution in [3.05, 3.63) is 12.3 Å². The first kappa shape index (κ1) is 21.4. The highest BCUT2D eigenvalue weighted by molar-refractivity contribution is 5.66. The topological polar surface area (TPSA) is 175 Å². The summed E-state index contributed by atoms with van der Waals surface area (Å²) >= 11 is 0. The van der Waals surface area contributed by atoms with E-state index in [1.165, 1.54) is 19.9 Å². The van der Waals surface area contributed by atoms with Gasteiger partial charge in [0.25, 0.3) is 0 Å². The molecule has 2 aliphatic heterocycles. The molecule has 6 N–H and O–H groups in total. The quantitative estimate of drug-likeness (QED) is 0.264. The lowest BCUT2D eigenvalue weighted by molar-refractivity contribution is -0.351. The second kappa shape index (κ2) is 7.50. The number of aliphatic hydroxyl groups excluding tert-OH is 5. The minimum atomic E-state index is -1.85. The second-order valence-electron chi connectivity index (χ2n) is 7.63. The number of carbonyl (C=O) groups is 1. The first-order valence-electron chi connectivity index (χ1n) is 8.92. The lowest BCUT2D eigenvalue weighted by Crippen LogP contribution is -2.62. The predicted octanol–water partition coefficient (Wildman–Crippen LogP) is -2.89. The van der Waals surface area contributed by atoms with Gasteiger partial charge in [-0.05, 0) is 13.0 Å². The minimum absolute atomic E-state index is 0.101. The van der Waals surface area contributed by atoms with Crippen molar-refractivity contribution < 1.29 is 54.4 Å². The van der Waals surface area contributed by atoms with Gasteiger partial charge in [0.15, 0.2) is 6.29 Å². The summed E-state index contributed by atoms with van der Waals surface area (Å²) in [4.78, 5) is 11.6. The Kier molecular flexibility index (Phi) is 5.73. The SMILES string of the molecule is CC(=O)O[C@@]1(C)C[C@@H](O)[C@]2(O)C=CO[C@@H](O[C@@H]3O[C@H](CO)[C@@H](O)[C@H](O)[C@H]3O)[C@H]21. The van der Waals surface area contributed by atoms with E-state index < -0.39 is 72.8 Å². The van der Waals surface area contributed by atoms with Crippen LogP contribution in [0.2, 0.25) is 0 Å². The summed E-state index contributed by atoms with van der Waals surface area (Å²) in [5, 5.41) is 60.6. The van der Waals surface area contributed by atoms with E-state index in [1.807, 2.05) is 0 Å². The van der Waals surface area contributed by atoms with Crippen molar-refractivity contribution in [3.63, 3.8) is 0 Å². The Balaban J connectivity index is 1.87. The molecule has 1 aliphatic carbocycles. The molecule has 1 saturated carbocycles. The number of hydrogen-bond acceptors (Lipinski definition) is 11. The Morgan fingerprint density at radius 2 is 1.86 bits per heavy atom. The Morgan fingerprint density at radius 1 is 1.18 bits per heavy atom. The Hall–Kier alpha value is -1.31. The molecular weight excluding hydrogens is 380 g/mol. The highest BCUT2D eigenvalue weighted by Gasteiger charge is 2.66. The normalized spacial score (nSPS) is 50.7. The average molecular weight is 406 g/mol. The van der Waals surface area contributed by atoms with Gasteiger partial charge >= 0.3 is 5.97 Å². The summed E-state index contributed by atoms with van der Waals surface area (Å²) < 4.78 is 21.7. The van der Waals surface area contributed by atoms with E-state index in [1.54, 1.807) is 0 Å². The summed E-state index contributed by atoms with van der Waals surface area (Å²) in [6.45, 7) is 2.04. The Morgan fingerprint density at radius 3 is 2.46 bits per heavy atom. The molecule has 3 rings (SSSR count). The standard InChI is InChI=1S/C17H26O11/c1-7(19)28-16(2)5-9(20)17(24)3-4-25-15(13(16)17)27-14-12(23)11(22)10(21)8(6-18)26-14/h3-4,8-15,18,20-24H,5-6H2,1-2H3/t8-,9-,10-,11+,12-,13+,14+,15+,16+,17-/m1/s1. The molecule has 0 spiro atoms. The van der Waals surface area contributed by atoms with Crippen molar-refractivity contribution in [3.8, 4) is 0 Å². The number of esters is 1. The molecule has 2 heterocycles. The van der Waals surface area contributed by atoms with Crippen LogP contribution in [0, 0.1) is 5.92 Å². The fourth-order valence-electron chi connectivity index (χ4n) is 4.25. The maximum absolute atomic E-state index is 11.6. The lowest BCUT2D eigenvalue weighted by Gasteiger charge is -2.45. The summed E-state index contributed by atoms with van der Waals surface area (Å²) in [7, 11) is 0. The maximum atomic E-state index is 11.6. The van der Waals surface area contributed by atoms with Crippen molar-refractivity contribution in [2.45, 2.75) is 74.6 Å². The summed E-state index contributed by atoms with van der Waals surface area (Å²) in [6, 6.07) is 0. The van der Waals surface area contributed by atoms with E-state index in [-0.39, 0.29) is 6.42 Å². The number of ether oxygens (including phenoxy) is 4. The van der Waals surface area contributed by atoms with Crippen LogP contribution in [0.15, 0.2) is 12.3 Å².